The highest BCUT2D eigenvalue weighted by molar-refractivity contribution is 6.12. The summed E-state index contributed by atoms with van der Waals surface area (Å²) in [5.74, 6) is 4.42. The van der Waals surface area contributed by atoms with Crippen LogP contribution < -0.4 is 19.5 Å². The van der Waals surface area contributed by atoms with E-state index in [1.807, 2.05) is 0 Å². The van der Waals surface area contributed by atoms with Gasteiger partial charge in [-0.25, -0.2) is 0 Å². The molecular weight excluding hydrogens is 262 g/mol. The highest BCUT2D eigenvalue weighted by Gasteiger charge is 2.16. The molecule has 106 valence electrons. The fourth-order valence-electron chi connectivity index (χ4n) is 1.46. The van der Waals surface area contributed by atoms with Crippen molar-refractivity contribution in [2.45, 2.75) is 0 Å². The predicted molar refractivity (Wildman–Crippen MR) is 72.3 cm³/mol. The second-order valence-corrected chi connectivity index (χ2v) is 3.57. The summed E-state index contributed by atoms with van der Waals surface area (Å²) in [4.78, 5) is 22.9. The van der Waals surface area contributed by atoms with E-state index in [1.54, 1.807) is 0 Å². The van der Waals surface area contributed by atoms with Gasteiger partial charge in [-0.2, -0.15) is 0 Å². The molecule has 0 aromatic heterocycles. The van der Waals surface area contributed by atoms with Crippen molar-refractivity contribution in [3.63, 3.8) is 0 Å². The number of nitrogens with one attached hydrogen (secondary N) is 1. The quantitative estimate of drug-likeness (QED) is 0.497. The highest BCUT2D eigenvalue weighted by Crippen LogP contribution is 2.38. The first-order valence-electron chi connectivity index (χ1n) is 5.65. The summed E-state index contributed by atoms with van der Waals surface area (Å²) in [6.07, 6.45) is 0. The van der Waals surface area contributed by atoms with E-state index < -0.39 is 11.7 Å². The normalized spacial score (nSPS) is 9.00. The molecule has 0 aliphatic rings. The average Bonchev–Trinajstić information content (AvgIpc) is 2.50. The first-order chi connectivity index (χ1) is 9.57. The molecular formula is C14H15NO5. The Hall–Kier alpha value is -2.68. The lowest BCUT2D eigenvalue weighted by Gasteiger charge is -2.12. The molecule has 6 nitrogen and oxygen atoms in total. The number of hydrogen-bond acceptors (Lipinski definition) is 5. The molecule has 0 heterocycles. The number of carbonyl (C=O) groups excluding carboxylic acids is 2. The molecule has 1 N–H and O–H groups in total. The van der Waals surface area contributed by atoms with Crippen LogP contribution in [0, 0.1) is 11.8 Å². The maximum Gasteiger partial charge on any atom is 0.296 e. The minimum absolute atomic E-state index is 0.246. The number of ketones is 1. The van der Waals surface area contributed by atoms with Gasteiger partial charge in [0.25, 0.3) is 5.91 Å². The van der Waals surface area contributed by atoms with Crippen LogP contribution in [0.1, 0.15) is 10.4 Å². The topological polar surface area (TPSA) is 73.9 Å². The molecule has 0 aliphatic heterocycles. The van der Waals surface area contributed by atoms with Gasteiger partial charge in [0, 0.05) is 18.5 Å². The van der Waals surface area contributed by atoms with Gasteiger partial charge in [-0.3, -0.25) is 9.59 Å². The number of carbonyl (C=O) groups is 2. The van der Waals surface area contributed by atoms with Gasteiger partial charge in [-0.1, -0.05) is 0 Å². The highest BCUT2D eigenvalue weighted by atomic mass is 16.5. The molecule has 0 atom stereocenters. The Labute approximate surface area is 117 Å². The van der Waals surface area contributed by atoms with Crippen LogP contribution in [0.5, 0.6) is 17.2 Å². The smallest absolute Gasteiger partial charge is 0.296 e. The third kappa shape index (κ3) is 3.42. The second kappa shape index (κ2) is 7.04. The third-order valence-electron chi connectivity index (χ3n) is 2.44. The van der Waals surface area contributed by atoms with Crippen LogP contribution in [0.2, 0.25) is 0 Å². The van der Waals surface area contributed by atoms with Crippen molar-refractivity contribution in [2.24, 2.45) is 0 Å². The lowest BCUT2D eigenvalue weighted by molar-refractivity contribution is -0.115. The molecule has 0 saturated carbocycles. The number of methoxy groups -OCH3 is 3. The molecule has 0 radical (unpaired) electrons. The van der Waals surface area contributed by atoms with Crippen LogP contribution in [0.15, 0.2) is 12.1 Å². The summed E-state index contributed by atoms with van der Waals surface area (Å²) in [5.41, 5.74) is 0.246. The SMILES string of the molecule is CNC(=O)C#CC(=O)c1cc(OC)c(OC)c(OC)c1. The Morgan fingerprint density at radius 2 is 1.55 bits per heavy atom. The molecule has 1 aromatic rings. The number of amides is 1. The maximum atomic E-state index is 11.9. The predicted octanol–water partition coefficient (Wildman–Crippen LogP) is 0.644. The Bertz CT molecular complexity index is 558. The van der Waals surface area contributed by atoms with Gasteiger partial charge in [-0.15, -0.1) is 0 Å². The minimum Gasteiger partial charge on any atom is -0.493 e. The van der Waals surface area contributed by atoms with Gasteiger partial charge < -0.3 is 19.5 Å². The molecule has 0 aliphatic carbocycles. The monoisotopic (exact) mass is 277 g/mol. The van der Waals surface area contributed by atoms with Crippen LogP contribution in [-0.2, 0) is 4.79 Å². The lowest BCUT2D eigenvalue weighted by atomic mass is 10.1. The van der Waals surface area contributed by atoms with Gasteiger partial charge in [-0.05, 0) is 18.1 Å². The van der Waals surface area contributed by atoms with Gasteiger partial charge in [0.1, 0.15) is 0 Å². The summed E-state index contributed by atoms with van der Waals surface area (Å²) in [6, 6.07) is 2.95. The van der Waals surface area contributed by atoms with E-state index in [1.165, 1.54) is 40.5 Å². The number of benzene rings is 1. The van der Waals surface area contributed by atoms with Gasteiger partial charge in [0.15, 0.2) is 11.5 Å². The van der Waals surface area contributed by atoms with Crippen molar-refractivity contribution in [2.75, 3.05) is 28.4 Å². The van der Waals surface area contributed by atoms with Gasteiger partial charge >= 0.3 is 0 Å². The molecule has 1 rings (SSSR count). The van der Waals surface area contributed by atoms with E-state index in [2.05, 4.69) is 17.2 Å². The molecule has 1 aromatic carbocycles. The zero-order valence-corrected chi connectivity index (χ0v) is 11.7. The van der Waals surface area contributed by atoms with Gasteiger partial charge in [0.2, 0.25) is 11.5 Å². The van der Waals surface area contributed by atoms with Crippen LogP contribution in [0.3, 0.4) is 0 Å². The van der Waals surface area contributed by atoms with E-state index in [4.69, 9.17) is 14.2 Å². The maximum absolute atomic E-state index is 11.9. The standard InChI is InChI=1S/C14H15NO5/c1-15-13(17)6-5-10(16)9-7-11(18-2)14(20-4)12(8-9)19-3/h7-8H,1-4H3,(H,15,17). The number of Topliss-reactive ketones (excluding diaryl/α,β-unsaturated/α-hetero) is 1. The zero-order valence-electron chi connectivity index (χ0n) is 11.7. The Morgan fingerprint density at radius 1 is 1.00 bits per heavy atom. The summed E-state index contributed by atoms with van der Waals surface area (Å²) >= 11 is 0. The van der Waals surface area contributed by atoms with Crippen LogP contribution in [-0.4, -0.2) is 40.1 Å². The summed E-state index contributed by atoms with van der Waals surface area (Å²) in [6.45, 7) is 0. The van der Waals surface area contributed by atoms with E-state index >= 15 is 0 Å². The van der Waals surface area contributed by atoms with Crippen molar-refractivity contribution < 1.29 is 23.8 Å². The zero-order chi connectivity index (χ0) is 15.1. The molecule has 0 unspecified atom stereocenters. The molecule has 0 bridgehead atoms. The summed E-state index contributed by atoms with van der Waals surface area (Å²) < 4.78 is 15.4. The Balaban J connectivity index is 3.21. The first kappa shape index (κ1) is 15.4. The fraction of sp³-hybridized carbons (Fsp3) is 0.286. The number of hydrogen-bond donors (Lipinski definition) is 1. The van der Waals surface area contributed by atoms with Crippen molar-refractivity contribution in [1.82, 2.24) is 5.32 Å². The first-order valence-corrected chi connectivity index (χ1v) is 5.65. The number of ether oxygens (including phenoxy) is 3. The fourth-order valence-corrected chi connectivity index (χ4v) is 1.46. The van der Waals surface area contributed by atoms with E-state index in [-0.39, 0.29) is 5.56 Å². The molecule has 0 saturated heterocycles. The molecule has 0 spiro atoms. The average molecular weight is 277 g/mol. The third-order valence-corrected chi connectivity index (χ3v) is 2.44. The molecule has 0 fully saturated rings. The summed E-state index contributed by atoms with van der Waals surface area (Å²) in [7, 11) is 5.79. The Kier molecular flexibility index (Phi) is 5.42. The molecule has 20 heavy (non-hydrogen) atoms. The van der Waals surface area contributed by atoms with Crippen molar-refractivity contribution in [1.29, 1.82) is 0 Å². The van der Waals surface area contributed by atoms with Crippen LogP contribution >= 0.6 is 0 Å². The molecule has 6 heteroatoms. The lowest BCUT2D eigenvalue weighted by Crippen LogP contribution is -2.15. The molecule has 1 amide bonds. The van der Waals surface area contributed by atoms with E-state index in [0.29, 0.717) is 17.2 Å². The van der Waals surface area contributed by atoms with Crippen molar-refractivity contribution >= 4 is 11.7 Å². The van der Waals surface area contributed by atoms with E-state index in [0.717, 1.165) is 0 Å². The van der Waals surface area contributed by atoms with Crippen molar-refractivity contribution in [3.8, 4) is 29.1 Å². The van der Waals surface area contributed by atoms with Crippen LogP contribution in [0.25, 0.3) is 0 Å². The second-order valence-electron chi connectivity index (χ2n) is 3.57. The van der Waals surface area contributed by atoms with E-state index in [9.17, 15) is 9.59 Å². The largest absolute Gasteiger partial charge is 0.493 e. The van der Waals surface area contributed by atoms with Gasteiger partial charge in [0.05, 0.1) is 21.3 Å². The number of rotatable bonds is 4. The Morgan fingerprint density at radius 3 is 1.95 bits per heavy atom. The van der Waals surface area contributed by atoms with Crippen molar-refractivity contribution in [3.05, 3.63) is 17.7 Å². The minimum atomic E-state index is -0.536. The van der Waals surface area contributed by atoms with Crippen LogP contribution in [0.4, 0.5) is 0 Å². The summed E-state index contributed by atoms with van der Waals surface area (Å²) in [5, 5.41) is 2.30.